The number of nitrogens with zero attached hydrogens (tertiary/aromatic N) is 3. The van der Waals surface area contributed by atoms with Crippen LogP contribution >= 0.6 is 11.6 Å². The topological polar surface area (TPSA) is 114 Å². The van der Waals surface area contributed by atoms with Gasteiger partial charge in [-0.15, -0.1) is 0 Å². The van der Waals surface area contributed by atoms with Crippen molar-refractivity contribution >= 4 is 60.8 Å². The largest absolute Gasteiger partial charge is 0.379 e. The molecule has 4 aromatic rings. The van der Waals surface area contributed by atoms with Crippen molar-refractivity contribution in [3.05, 3.63) is 87.4 Å². The highest BCUT2D eigenvalue weighted by Gasteiger charge is 2.29. The van der Waals surface area contributed by atoms with E-state index in [0.717, 1.165) is 33.2 Å². The lowest BCUT2D eigenvalue weighted by Gasteiger charge is -2.26. The Kier molecular flexibility index (Phi) is 6.59. The second-order valence-electron chi connectivity index (χ2n) is 8.14. The molecule has 1 N–H and O–H groups in total. The second-order valence-corrected chi connectivity index (χ2v) is 10.5. The molecule has 9 nitrogen and oxygen atoms in total. The van der Waals surface area contributed by atoms with E-state index in [1.165, 1.54) is 16.4 Å². The fraction of sp³-hybridized carbons (Fsp3) is 0.160. The van der Waals surface area contributed by atoms with Gasteiger partial charge in [0, 0.05) is 35.5 Å². The highest BCUT2D eigenvalue weighted by Crippen LogP contribution is 2.35. The van der Waals surface area contributed by atoms with Crippen LogP contribution in [0.4, 0.5) is 11.4 Å². The minimum Gasteiger partial charge on any atom is -0.379 e. The van der Waals surface area contributed by atoms with Crippen molar-refractivity contribution in [1.82, 2.24) is 4.31 Å². The first-order valence-corrected chi connectivity index (χ1v) is 12.9. The molecule has 0 aliphatic carbocycles. The van der Waals surface area contributed by atoms with Gasteiger partial charge in [-0.2, -0.15) is 9.41 Å². The van der Waals surface area contributed by atoms with Crippen molar-refractivity contribution in [1.29, 1.82) is 0 Å². The van der Waals surface area contributed by atoms with Crippen LogP contribution in [0, 0.1) is 10.1 Å². The number of hydrogen-bond acceptors (Lipinski definition) is 7. The standard InChI is InChI=1S/C25H21ClN4O5S/c26-25-20-7-3-1-5-18(20)22(19-6-2-4-8-21(19)25)16-27-28-23-10-9-17(15-24(23)30(31)32)36(33,34)29-11-13-35-14-12-29/h1-10,15-16,28H,11-14H2/b27-16-. The summed E-state index contributed by atoms with van der Waals surface area (Å²) in [6.07, 6.45) is 1.59. The van der Waals surface area contributed by atoms with Crippen molar-refractivity contribution in [2.75, 3.05) is 31.7 Å². The lowest BCUT2D eigenvalue weighted by atomic mass is 9.97. The molecule has 0 spiro atoms. The molecule has 4 aromatic carbocycles. The van der Waals surface area contributed by atoms with E-state index in [1.54, 1.807) is 6.21 Å². The number of halogens is 1. The fourth-order valence-corrected chi connectivity index (χ4v) is 6.03. The average Bonchev–Trinajstić information content (AvgIpc) is 2.91. The second kappa shape index (κ2) is 9.82. The van der Waals surface area contributed by atoms with E-state index in [1.807, 2.05) is 48.5 Å². The molecular formula is C25H21ClN4O5S. The average molecular weight is 525 g/mol. The van der Waals surface area contributed by atoms with Crippen molar-refractivity contribution < 1.29 is 18.1 Å². The molecule has 0 radical (unpaired) electrons. The lowest BCUT2D eigenvalue weighted by molar-refractivity contribution is -0.384. The maximum Gasteiger partial charge on any atom is 0.295 e. The molecule has 0 bridgehead atoms. The Morgan fingerprint density at radius 3 is 2.14 bits per heavy atom. The maximum absolute atomic E-state index is 12.9. The lowest BCUT2D eigenvalue weighted by Crippen LogP contribution is -2.40. The summed E-state index contributed by atoms with van der Waals surface area (Å²) in [6, 6.07) is 19.1. The minimum absolute atomic E-state index is 0.0692. The van der Waals surface area contributed by atoms with Crippen LogP contribution in [0.5, 0.6) is 0 Å². The summed E-state index contributed by atoms with van der Waals surface area (Å²) in [4.78, 5) is 11.0. The van der Waals surface area contributed by atoms with Crippen LogP contribution in [0.1, 0.15) is 5.56 Å². The number of nitro benzene ring substituents is 1. The van der Waals surface area contributed by atoms with E-state index in [2.05, 4.69) is 10.5 Å². The molecule has 1 saturated heterocycles. The zero-order valence-corrected chi connectivity index (χ0v) is 20.5. The number of fused-ring (bicyclic) bond motifs is 2. The van der Waals surface area contributed by atoms with Gasteiger partial charge in [0.1, 0.15) is 5.69 Å². The molecule has 1 aliphatic heterocycles. The zero-order valence-electron chi connectivity index (χ0n) is 18.9. The van der Waals surface area contributed by atoms with E-state index in [-0.39, 0.29) is 36.9 Å². The number of morpholine rings is 1. The molecule has 1 heterocycles. The van der Waals surface area contributed by atoms with Crippen LogP contribution < -0.4 is 5.43 Å². The van der Waals surface area contributed by atoms with Gasteiger partial charge >= 0.3 is 0 Å². The third kappa shape index (κ3) is 4.40. The normalized spacial score (nSPS) is 15.0. The molecule has 0 unspecified atom stereocenters. The van der Waals surface area contributed by atoms with Crippen LogP contribution in [0.25, 0.3) is 21.5 Å². The molecule has 36 heavy (non-hydrogen) atoms. The Hall–Kier alpha value is -3.57. The molecule has 0 aromatic heterocycles. The fourth-order valence-electron chi connectivity index (χ4n) is 4.27. The number of rotatable bonds is 6. The Morgan fingerprint density at radius 1 is 0.972 bits per heavy atom. The SMILES string of the molecule is O=[N+]([O-])c1cc(S(=O)(=O)N2CCOCC2)ccc1N/N=C\c1c2ccccc2c(Cl)c2ccccc12. The van der Waals surface area contributed by atoms with Gasteiger partial charge in [-0.3, -0.25) is 15.5 Å². The summed E-state index contributed by atoms with van der Waals surface area (Å²) in [5.74, 6) is 0. The van der Waals surface area contributed by atoms with Gasteiger partial charge in [-0.1, -0.05) is 60.1 Å². The van der Waals surface area contributed by atoms with E-state index in [9.17, 15) is 18.5 Å². The van der Waals surface area contributed by atoms with Gasteiger partial charge < -0.3 is 4.74 Å². The van der Waals surface area contributed by atoms with Gasteiger partial charge in [-0.25, -0.2) is 8.42 Å². The van der Waals surface area contributed by atoms with Crippen LogP contribution in [0.15, 0.2) is 76.7 Å². The van der Waals surface area contributed by atoms with Crippen LogP contribution in [0.2, 0.25) is 5.02 Å². The Bertz CT molecular complexity index is 1560. The Labute approximate surface area is 212 Å². The van der Waals surface area contributed by atoms with Gasteiger partial charge in [0.05, 0.1) is 34.3 Å². The molecule has 11 heteroatoms. The summed E-state index contributed by atoms with van der Waals surface area (Å²) in [6.45, 7) is 0.959. The smallest absolute Gasteiger partial charge is 0.295 e. The van der Waals surface area contributed by atoms with Crippen molar-refractivity contribution in [3.8, 4) is 0 Å². The highest BCUT2D eigenvalue weighted by molar-refractivity contribution is 7.89. The quantitative estimate of drug-likeness (QED) is 0.164. The van der Waals surface area contributed by atoms with E-state index in [0.29, 0.717) is 5.02 Å². The number of anilines is 1. The minimum atomic E-state index is -3.88. The Morgan fingerprint density at radius 2 is 1.56 bits per heavy atom. The van der Waals surface area contributed by atoms with E-state index >= 15 is 0 Å². The van der Waals surface area contributed by atoms with Gasteiger partial charge in [0.2, 0.25) is 10.0 Å². The number of benzene rings is 4. The maximum atomic E-state index is 12.9. The molecular weight excluding hydrogens is 504 g/mol. The van der Waals surface area contributed by atoms with Crippen molar-refractivity contribution in [3.63, 3.8) is 0 Å². The van der Waals surface area contributed by atoms with Gasteiger partial charge in [0.25, 0.3) is 5.69 Å². The van der Waals surface area contributed by atoms with Crippen molar-refractivity contribution in [2.24, 2.45) is 5.10 Å². The Balaban J connectivity index is 1.51. The number of hydrogen-bond donors (Lipinski definition) is 1. The highest BCUT2D eigenvalue weighted by atomic mass is 35.5. The third-order valence-corrected chi connectivity index (χ3v) is 8.36. The molecule has 0 saturated carbocycles. The van der Waals surface area contributed by atoms with Crippen LogP contribution in [0.3, 0.4) is 0 Å². The van der Waals surface area contributed by atoms with Crippen LogP contribution in [-0.2, 0) is 14.8 Å². The number of nitro groups is 1. The predicted molar refractivity (Wildman–Crippen MR) is 140 cm³/mol. The van der Waals surface area contributed by atoms with Gasteiger partial charge in [0.15, 0.2) is 0 Å². The summed E-state index contributed by atoms with van der Waals surface area (Å²) in [7, 11) is -3.88. The first-order valence-electron chi connectivity index (χ1n) is 11.1. The van der Waals surface area contributed by atoms with Gasteiger partial charge in [-0.05, 0) is 22.9 Å². The number of ether oxygens (including phenoxy) is 1. The van der Waals surface area contributed by atoms with E-state index in [4.69, 9.17) is 16.3 Å². The summed E-state index contributed by atoms with van der Waals surface area (Å²) in [5.41, 5.74) is 3.18. The molecule has 184 valence electrons. The molecule has 1 fully saturated rings. The number of hydrazone groups is 1. The molecule has 1 aliphatic rings. The molecule has 0 atom stereocenters. The zero-order chi connectivity index (χ0) is 25.3. The number of nitrogens with one attached hydrogen (secondary N) is 1. The van der Waals surface area contributed by atoms with Crippen LogP contribution in [-0.4, -0.2) is 50.2 Å². The predicted octanol–water partition coefficient (Wildman–Crippen LogP) is 5.02. The first-order chi connectivity index (χ1) is 17.4. The first kappa shape index (κ1) is 24.1. The molecule has 5 rings (SSSR count). The summed E-state index contributed by atoms with van der Waals surface area (Å²) < 4.78 is 32.3. The third-order valence-electron chi connectivity index (χ3n) is 6.06. The summed E-state index contributed by atoms with van der Waals surface area (Å²) in [5, 5.41) is 20.2. The van der Waals surface area contributed by atoms with Crippen molar-refractivity contribution in [2.45, 2.75) is 4.90 Å². The van der Waals surface area contributed by atoms with E-state index < -0.39 is 20.6 Å². The summed E-state index contributed by atoms with van der Waals surface area (Å²) >= 11 is 6.65. The monoisotopic (exact) mass is 524 g/mol. The molecule has 0 amide bonds. The number of sulfonamides is 1.